The summed E-state index contributed by atoms with van der Waals surface area (Å²) in [5.74, 6) is 0.857. The zero-order chi connectivity index (χ0) is 21.5. The topological polar surface area (TPSA) is 76.0 Å². The SMILES string of the molecule is CCCC(=O)NCCCc1nc2ccccc2n1CC(=O)Nc1cc(C)cc(C)c1. The molecule has 0 unspecified atom stereocenters. The van der Waals surface area contributed by atoms with Gasteiger partial charge in [-0.05, 0) is 62.1 Å². The van der Waals surface area contributed by atoms with Crippen LogP contribution >= 0.6 is 0 Å². The van der Waals surface area contributed by atoms with Crippen LogP contribution < -0.4 is 10.6 Å². The number of aromatic nitrogens is 2. The molecule has 0 aliphatic heterocycles. The van der Waals surface area contributed by atoms with Crippen LogP contribution in [0.15, 0.2) is 42.5 Å². The highest BCUT2D eigenvalue weighted by Gasteiger charge is 2.14. The first-order chi connectivity index (χ1) is 14.5. The second kappa shape index (κ2) is 10.1. The summed E-state index contributed by atoms with van der Waals surface area (Å²) in [5.41, 5.74) is 4.86. The molecule has 0 aliphatic rings. The van der Waals surface area contributed by atoms with E-state index in [1.807, 2.05) is 61.7 Å². The highest BCUT2D eigenvalue weighted by Crippen LogP contribution is 2.18. The molecule has 2 aromatic carbocycles. The molecule has 158 valence electrons. The first-order valence-corrected chi connectivity index (χ1v) is 10.5. The molecule has 2 amide bonds. The number of para-hydroxylation sites is 2. The Morgan fingerprint density at radius 2 is 1.77 bits per heavy atom. The van der Waals surface area contributed by atoms with Crippen LogP contribution in [0, 0.1) is 13.8 Å². The molecular formula is C24H30N4O2. The molecule has 1 aromatic heterocycles. The lowest BCUT2D eigenvalue weighted by Gasteiger charge is -2.11. The van der Waals surface area contributed by atoms with Crippen LogP contribution in [0.4, 0.5) is 5.69 Å². The second-order valence-corrected chi connectivity index (χ2v) is 7.73. The maximum atomic E-state index is 12.8. The van der Waals surface area contributed by atoms with E-state index in [1.54, 1.807) is 0 Å². The van der Waals surface area contributed by atoms with E-state index < -0.39 is 0 Å². The minimum absolute atomic E-state index is 0.0822. The summed E-state index contributed by atoms with van der Waals surface area (Å²) < 4.78 is 1.97. The summed E-state index contributed by atoms with van der Waals surface area (Å²) in [6, 6.07) is 13.9. The molecule has 0 saturated carbocycles. The van der Waals surface area contributed by atoms with Crippen LogP contribution in [0.25, 0.3) is 11.0 Å². The van der Waals surface area contributed by atoms with Crippen molar-refractivity contribution >= 4 is 28.5 Å². The standard InChI is InChI=1S/C24H30N4O2/c1-4-8-23(29)25-12-7-11-22-27-20-9-5-6-10-21(20)28(22)16-24(30)26-19-14-17(2)13-18(3)15-19/h5-6,9-10,13-15H,4,7-8,11-12,16H2,1-3H3,(H,25,29)(H,26,30). The van der Waals surface area contributed by atoms with Gasteiger partial charge in [-0.2, -0.15) is 0 Å². The van der Waals surface area contributed by atoms with Crippen LogP contribution in [-0.2, 0) is 22.6 Å². The molecule has 2 N–H and O–H groups in total. The fourth-order valence-corrected chi connectivity index (χ4v) is 3.67. The lowest BCUT2D eigenvalue weighted by Crippen LogP contribution is -2.25. The number of nitrogens with zero attached hydrogens (tertiary/aromatic N) is 2. The third-order valence-corrected chi connectivity index (χ3v) is 4.92. The van der Waals surface area contributed by atoms with Gasteiger partial charge in [0.15, 0.2) is 0 Å². The van der Waals surface area contributed by atoms with E-state index in [-0.39, 0.29) is 18.4 Å². The van der Waals surface area contributed by atoms with Gasteiger partial charge in [0.2, 0.25) is 11.8 Å². The number of anilines is 1. The molecule has 0 aliphatic carbocycles. The molecule has 3 rings (SSSR count). The smallest absolute Gasteiger partial charge is 0.244 e. The number of amides is 2. The van der Waals surface area contributed by atoms with Gasteiger partial charge in [0.25, 0.3) is 0 Å². The van der Waals surface area contributed by atoms with E-state index in [4.69, 9.17) is 4.98 Å². The Labute approximate surface area is 177 Å². The molecule has 3 aromatic rings. The molecule has 0 spiro atoms. The average molecular weight is 407 g/mol. The fourth-order valence-electron chi connectivity index (χ4n) is 3.67. The third kappa shape index (κ3) is 5.69. The van der Waals surface area contributed by atoms with Crippen molar-refractivity contribution < 1.29 is 9.59 Å². The van der Waals surface area contributed by atoms with Crippen molar-refractivity contribution in [1.29, 1.82) is 0 Å². The molecule has 6 nitrogen and oxygen atoms in total. The highest BCUT2D eigenvalue weighted by atomic mass is 16.2. The fraction of sp³-hybridized carbons (Fsp3) is 0.375. The van der Waals surface area contributed by atoms with Crippen LogP contribution in [0.1, 0.15) is 43.1 Å². The van der Waals surface area contributed by atoms with Crippen molar-refractivity contribution in [3.05, 3.63) is 59.4 Å². The van der Waals surface area contributed by atoms with Gasteiger partial charge in [0.1, 0.15) is 12.4 Å². The van der Waals surface area contributed by atoms with Gasteiger partial charge in [-0.15, -0.1) is 0 Å². The van der Waals surface area contributed by atoms with Crippen LogP contribution in [-0.4, -0.2) is 27.9 Å². The Kier molecular flexibility index (Phi) is 7.22. The number of benzene rings is 2. The van der Waals surface area contributed by atoms with E-state index in [0.29, 0.717) is 19.4 Å². The van der Waals surface area contributed by atoms with Crippen molar-refractivity contribution in [3.63, 3.8) is 0 Å². The number of nitrogens with one attached hydrogen (secondary N) is 2. The number of hydrogen-bond donors (Lipinski definition) is 2. The maximum absolute atomic E-state index is 12.8. The molecule has 6 heteroatoms. The van der Waals surface area contributed by atoms with Gasteiger partial charge in [0, 0.05) is 25.1 Å². The lowest BCUT2D eigenvalue weighted by atomic mass is 10.1. The predicted molar refractivity (Wildman–Crippen MR) is 121 cm³/mol. The van der Waals surface area contributed by atoms with E-state index in [1.165, 1.54) is 0 Å². The molecule has 0 atom stereocenters. The summed E-state index contributed by atoms with van der Waals surface area (Å²) in [4.78, 5) is 29.1. The molecule has 1 heterocycles. The number of fused-ring (bicyclic) bond motifs is 1. The van der Waals surface area contributed by atoms with Crippen molar-refractivity contribution in [2.24, 2.45) is 0 Å². The first kappa shape index (κ1) is 21.6. The summed E-state index contributed by atoms with van der Waals surface area (Å²) in [6.45, 7) is 6.83. The van der Waals surface area contributed by atoms with Crippen molar-refractivity contribution in [2.45, 2.75) is 53.0 Å². The van der Waals surface area contributed by atoms with Gasteiger partial charge < -0.3 is 15.2 Å². The van der Waals surface area contributed by atoms with Crippen molar-refractivity contribution in [1.82, 2.24) is 14.9 Å². The summed E-state index contributed by atoms with van der Waals surface area (Å²) in [6.07, 6.45) is 2.86. The molecular weight excluding hydrogens is 376 g/mol. The Morgan fingerprint density at radius 3 is 2.50 bits per heavy atom. The van der Waals surface area contributed by atoms with Crippen LogP contribution in [0.3, 0.4) is 0 Å². The number of aryl methyl sites for hydroxylation is 3. The van der Waals surface area contributed by atoms with Crippen LogP contribution in [0.2, 0.25) is 0 Å². The summed E-state index contributed by atoms with van der Waals surface area (Å²) in [5, 5.41) is 5.94. The normalized spacial score (nSPS) is 10.9. The molecule has 30 heavy (non-hydrogen) atoms. The minimum Gasteiger partial charge on any atom is -0.356 e. The lowest BCUT2D eigenvalue weighted by molar-refractivity contribution is -0.121. The van der Waals surface area contributed by atoms with Crippen molar-refractivity contribution in [2.75, 3.05) is 11.9 Å². The summed E-state index contributed by atoms with van der Waals surface area (Å²) >= 11 is 0. The Hall–Kier alpha value is -3.15. The Balaban J connectivity index is 1.71. The Morgan fingerprint density at radius 1 is 1.03 bits per heavy atom. The molecule has 0 saturated heterocycles. The van der Waals surface area contributed by atoms with Crippen molar-refractivity contribution in [3.8, 4) is 0 Å². The largest absolute Gasteiger partial charge is 0.356 e. The van der Waals surface area contributed by atoms with Gasteiger partial charge in [-0.1, -0.05) is 25.1 Å². The zero-order valence-electron chi connectivity index (χ0n) is 18.0. The minimum atomic E-state index is -0.0827. The average Bonchev–Trinajstić information content (AvgIpc) is 3.02. The molecule has 0 bridgehead atoms. The highest BCUT2D eigenvalue weighted by molar-refractivity contribution is 5.92. The number of carbonyl (C=O) groups is 2. The van der Waals surface area contributed by atoms with Gasteiger partial charge in [-0.3, -0.25) is 9.59 Å². The number of carbonyl (C=O) groups excluding carboxylic acids is 2. The Bertz CT molecular complexity index is 1020. The van der Waals surface area contributed by atoms with Gasteiger partial charge >= 0.3 is 0 Å². The number of rotatable bonds is 9. The van der Waals surface area contributed by atoms with Gasteiger partial charge in [0.05, 0.1) is 11.0 Å². The number of hydrogen-bond acceptors (Lipinski definition) is 3. The maximum Gasteiger partial charge on any atom is 0.244 e. The molecule has 0 fully saturated rings. The summed E-state index contributed by atoms with van der Waals surface area (Å²) in [7, 11) is 0. The quantitative estimate of drug-likeness (QED) is 0.524. The number of imidazole rings is 1. The predicted octanol–water partition coefficient (Wildman–Crippen LogP) is 4.14. The van der Waals surface area contributed by atoms with Gasteiger partial charge in [-0.25, -0.2) is 4.98 Å². The van der Waals surface area contributed by atoms with E-state index in [0.717, 1.165) is 46.5 Å². The third-order valence-electron chi connectivity index (χ3n) is 4.92. The monoisotopic (exact) mass is 406 g/mol. The molecule has 0 radical (unpaired) electrons. The second-order valence-electron chi connectivity index (χ2n) is 7.73. The van der Waals surface area contributed by atoms with E-state index >= 15 is 0 Å². The van der Waals surface area contributed by atoms with E-state index in [2.05, 4.69) is 16.7 Å². The van der Waals surface area contributed by atoms with Crippen LogP contribution in [0.5, 0.6) is 0 Å². The van der Waals surface area contributed by atoms with E-state index in [9.17, 15) is 9.59 Å². The first-order valence-electron chi connectivity index (χ1n) is 10.5. The zero-order valence-corrected chi connectivity index (χ0v) is 18.0.